The Morgan fingerprint density at radius 1 is 1.33 bits per heavy atom. The largest absolute Gasteiger partial charge is 0.371 e. The van der Waals surface area contributed by atoms with Gasteiger partial charge in [-0.1, -0.05) is 6.07 Å². The number of anilines is 1. The summed E-state index contributed by atoms with van der Waals surface area (Å²) in [5.41, 5.74) is 3.50. The van der Waals surface area contributed by atoms with E-state index in [0.29, 0.717) is 0 Å². The summed E-state index contributed by atoms with van der Waals surface area (Å²) in [6, 6.07) is 6.17. The third kappa shape index (κ3) is 2.25. The molecule has 1 saturated heterocycles. The van der Waals surface area contributed by atoms with Crippen LogP contribution in [0.25, 0.3) is 0 Å². The Bertz CT molecular complexity index is 402. The van der Waals surface area contributed by atoms with Crippen LogP contribution in [0.15, 0.2) is 23.2 Å². The minimum Gasteiger partial charge on any atom is -0.371 e. The molecular formula is C12H14N2S. The summed E-state index contributed by atoms with van der Waals surface area (Å²) in [6.45, 7) is 4.45. The average Bonchev–Trinajstić information content (AvgIpc) is 2.74. The summed E-state index contributed by atoms with van der Waals surface area (Å²) < 4.78 is 0. The second-order valence-corrected chi connectivity index (χ2v) is 4.05. The third-order valence-corrected chi connectivity index (χ3v) is 2.91. The van der Waals surface area contributed by atoms with Gasteiger partial charge in [0.2, 0.25) is 0 Å². The summed E-state index contributed by atoms with van der Waals surface area (Å²) in [6.07, 6.45) is 2.58. The lowest BCUT2D eigenvalue weighted by Crippen LogP contribution is -2.18. The van der Waals surface area contributed by atoms with E-state index < -0.39 is 0 Å². The Hall–Kier alpha value is -1.18. The van der Waals surface area contributed by atoms with Crippen LogP contribution in [0.2, 0.25) is 0 Å². The van der Waals surface area contributed by atoms with Gasteiger partial charge in [0, 0.05) is 18.8 Å². The number of thiocarbonyl (C=S) groups is 1. The van der Waals surface area contributed by atoms with Crippen LogP contribution in [0.3, 0.4) is 0 Å². The van der Waals surface area contributed by atoms with Crippen molar-refractivity contribution < 1.29 is 0 Å². The van der Waals surface area contributed by atoms with Gasteiger partial charge in [-0.3, -0.25) is 0 Å². The van der Waals surface area contributed by atoms with Crippen LogP contribution >= 0.6 is 12.2 Å². The molecule has 15 heavy (non-hydrogen) atoms. The van der Waals surface area contributed by atoms with Crippen molar-refractivity contribution in [1.82, 2.24) is 0 Å². The second-order valence-electron chi connectivity index (χ2n) is 3.87. The molecule has 78 valence electrons. The van der Waals surface area contributed by atoms with E-state index in [2.05, 4.69) is 46.3 Å². The van der Waals surface area contributed by atoms with Crippen LogP contribution in [0, 0.1) is 6.92 Å². The zero-order valence-electron chi connectivity index (χ0n) is 8.86. The molecule has 0 unspecified atom stereocenters. The minimum absolute atomic E-state index is 0.900. The molecular weight excluding hydrogens is 204 g/mol. The zero-order valence-corrected chi connectivity index (χ0v) is 9.68. The summed E-state index contributed by atoms with van der Waals surface area (Å²) in [7, 11) is 0. The normalized spacial score (nSPS) is 15.1. The Kier molecular flexibility index (Phi) is 3.14. The number of hydrogen-bond donors (Lipinski definition) is 0. The quantitative estimate of drug-likeness (QED) is 0.559. The van der Waals surface area contributed by atoms with Crippen LogP contribution in [-0.4, -0.2) is 18.3 Å². The molecule has 0 bridgehead atoms. The van der Waals surface area contributed by atoms with Crippen molar-refractivity contribution in [3.8, 4) is 0 Å². The molecule has 0 saturated carbocycles. The van der Waals surface area contributed by atoms with Crippen LogP contribution in [0.4, 0.5) is 11.4 Å². The SMILES string of the molecule is Cc1ccc(N=C=S)cc1N1CCCC1. The van der Waals surface area contributed by atoms with Crippen molar-refractivity contribution in [2.45, 2.75) is 19.8 Å². The number of aryl methyl sites for hydroxylation is 1. The molecule has 0 aliphatic carbocycles. The monoisotopic (exact) mass is 218 g/mol. The van der Waals surface area contributed by atoms with E-state index in [1.54, 1.807) is 0 Å². The predicted octanol–water partition coefficient (Wildman–Crippen LogP) is 3.33. The maximum atomic E-state index is 4.61. The average molecular weight is 218 g/mol. The van der Waals surface area contributed by atoms with E-state index in [0.717, 1.165) is 18.8 Å². The summed E-state index contributed by atoms with van der Waals surface area (Å²) in [5, 5.41) is 2.41. The number of benzene rings is 1. The van der Waals surface area contributed by atoms with E-state index in [1.807, 2.05) is 6.07 Å². The lowest BCUT2D eigenvalue weighted by atomic mass is 10.1. The van der Waals surface area contributed by atoms with Crippen molar-refractivity contribution in [1.29, 1.82) is 0 Å². The first-order valence-corrected chi connectivity index (χ1v) is 5.65. The molecule has 0 aromatic heterocycles. The van der Waals surface area contributed by atoms with Gasteiger partial charge >= 0.3 is 0 Å². The van der Waals surface area contributed by atoms with Gasteiger partial charge in [-0.25, -0.2) is 0 Å². The molecule has 2 rings (SSSR count). The van der Waals surface area contributed by atoms with Gasteiger partial charge in [-0.2, -0.15) is 4.99 Å². The van der Waals surface area contributed by atoms with Crippen LogP contribution < -0.4 is 4.90 Å². The highest BCUT2D eigenvalue weighted by atomic mass is 32.1. The van der Waals surface area contributed by atoms with Crippen molar-refractivity contribution in [2.24, 2.45) is 4.99 Å². The number of nitrogens with zero attached hydrogens (tertiary/aromatic N) is 2. The van der Waals surface area contributed by atoms with Crippen molar-refractivity contribution in [3.63, 3.8) is 0 Å². The highest BCUT2D eigenvalue weighted by Crippen LogP contribution is 2.28. The topological polar surface area (TPSA) is 15.6 Å². The van der Waals surface area contributed by atoms with Gasteiger partial charge in [-0.15, -0.1) is 0 Å². The molecule has 3 heteroatoms. The molecule has 2 nitrogen and oxygen atoms in total. The molecule has 1 aromatic rings. The van der Waals surface area contributed by atoms with Gasteiger partial charge in [0.15, 0.2) is 0 Å². The van der Waals surface area contributed by atoms with Gasteiger partial charge in [0.1, 0.15) is 0 Å². The van der Waals surface area contributed by atoms with Crippen molar-refractivity contribution in [2.75, 3.05) is 18.0 Å². The predicted molar refractivity (Wildman–Crippen MR) is 67.3 cm³/mol. The minimum atomic E-state index is 0.900. The summed E-state index contributed by atoms with van der Waals surface area (Å²) in [5.74, 6) is 0. The summed E-state index contributed by atoms with van der Waals surface area (Å²) >= 11 is 4.61. The Morgan fingerprint density at radius 3 is 2.73 bits per heavy atom. The number of rotatable bonds is 2. The molecule has 1 aromatic carbocycles. The standard InChI is InChI=1S/C12H14N2S/c1-10-4-5-11(13-9-15)8-12(10)14-6-2-3-7-14/h4-5,8H,2-3,6-7H2,1H3. The van der Waals surface area contributed by atoms with E-state index >= 15 is 0 Å². The van der Waals surface area contributed by atoms with Crippen LogP contribution in [0.1, 0.15) is 18.4 Å². The maximum Gasteiger partial charge on any atom is 0.0760 e. The zero-order chi connectivity index (χ0) is 10.7. The first-order chi connectivity index (χ1) is 7.31. The Morgan fingerprint density at radius 2 is 2.07 bits per heavy atom. The van der Waals surface area contributed by atoms with Crippen LogP contribution in [-0.2, 0) is 0 Å². The van der Waals surface area contributed by atoms with Gasteiger partial charge in [0.05, 0.1) is 10.8 Å². The molecule has 1 aliphatic rings. The molecule has 1 aliphatic heterocycles. The molecule has 0 amide bonds. The molecule has 0 atom stereocenters. The van der Waals surface area contributed by atoms with Crippen molar-refractivity contribution >= 4 is 28.8 Å². The van der Waals surface area contributed by atoms with Gasteiger partial charge in [-0.05, 0) is 49.7 Å². The highest BCUT2D eigenvalue weighted by Gasteiger charge is 2.14. The van der Waals surface area contributed by atoms with Crippen LogP contribution in [0.5, 0.6) is 0 Å². The molecule has 1 fully saturated rings. The lowest BCUT2D eigenvalue weighted by Gasteiger charge is -2.20. The number of isothiocyanates is 1. The third-order valence-electron chi connectivity index (χ3n) is 2.81. The number of hydrogen-bond acceptors (Lipinski definition) is 3. The smallest absolute Gasteiger partial charge is 0.0760 e. The van der Waals surface area contributed by atoms with Gasteiger partial charge < -0.3 is 4.90 Å². The lowest BCUT2D eigenvalue weighted by molar-refractivity contribution is 0.949. The molecule has 0 N–H and O–H groups in total. The fourth-order valence-electron chi connectivity index (χ4n) is 2.02. The molecule has 1 heterocycles. The Labute approximate surface area is 95.6 Å². The summed E-state index contributed by atoms with van der Waals surface area (Å²) in [4.78, 5) is 6.43. The number of aliphatic imine (C=N–C) groups is 1. The van der Waals surface area contributed by atoms with E-state index in [9.17, 15) is 0 Å². The first-order valence-electron chi connectivity index (χ1n) is 5.25. The van der Waals surface area contributed by atoms with Gasteiger partial charge in [0.25, 0.3) is 0 Å². The maximum absolute atomic E-state index is 4.61. The molecule has 0 spiro atoms. The first kappa shape index (κ1) is 10.3. The fourth-order valence-corrected chi connectivity index (χ4v) is 2.12. The molecule has 0 radical (unpaired) electrons. The highest BCUT2D eigenvalue weighted by molar-refractivity contribution is 7.78. The fraction of sp³-hybridized carbons (Fsp3) is 0.417. The van der Waals surface area contributed by atoms with E-state index in [1.165, 1.54) is 24.1 Å². The second kappa shape index (κ2) is 4.56. The van der Waals surface area contributed by atoms with E-state index in [4.69, 9.17) is 0 Å². The Balaban J connectivity index is 2.35. The van der Waals surface area contributed by atoms with E-state index in [-0.39, 0.29) is 0 Å². The van der Waals surface area contributed by atoms with Crippen molar-refractivity contribution in [3.05, 3.63) is 23.8 Å².